The van der Waals surface area contributed by atoms with E-state index in [-0.39, 0.29) is 18.4 Å². The average molecular weight is 431 g/mol. The number of hydrogen-bond acceptors (Lipinski definition) is 5. The number of likely N-dealkylation sites (tertiary alicyclic amines) is 1. The van der Waals surface area contributed by atoms with Crippen LogP contribution in [0.4, 0.5) is 0 Å². The van der Waals surface area contributed by atoms with E-state index in [1.807, 2.05) is 38.6 Å². The number of carbonyl (C=O) groups excluding carboxylic acids is 2. The number of benzene rings is 1. The van der Waals surface area contributed by atoms with Crippen LogP contribution in [0.1, 0.15) is 20.3 Å². The molecule has 0 aliphatic carbocycles. The van der Waals surface area contributed by atoms with E-state index in [1.54, 1.807) is 0 Å². The minimum absolute atomic E-state index is 0.0897. The van der Waals surface area contributed by atoms with E-state index in [9.17, 15) is 9.59 Å². The molecule has 8 heteroatoms. The first-order valence-electron chi connectivity index (χ1n) is 10.7. The van der Waals surface area contributed by atoms with Crippen molar-refractivity contribution in [3.8, 4) is 0 Å². The molecule has 3 heterocycles. The third-order valence-electron chi connectivity index (χ3n) is 5.82. The SMILES string of the molecule is C[C@H]1C[C@H](C)CN(C(=O)Cn2c(SCC(=O)N3CCOCC3)nc3ccccc32)C1. The van der Waals surface area contributed by atoms with Crippen molar-refractivity contribution in [2.75, 3.05) is 45.1 Å². The number of hydrogen-bond donors (Lipinski definition) is 0. The lowest BCUT2D eigenvalue weighted by atomic mass is 9.92. The number of imidazole rings is 1. The summed E-state index contributed by atoms with van der Waals surface area (Å²) in [6, 6.07) is 7.85. The van der Waals surface area contributed by atoms with Gasteiger partial charge in [0.05, 0.1) is 30.0 Å². The maximum absolute atomic E-state index is 13.1. The van der Waals surface area contributed by atoms with Gasteiger partial charge >= 0.3 is 0 Å². The molecule has 0 bridgehead atoms. The van der Waals surface area contributed by atoms with E-state index >= 15 is 0 Å². The Morgan fingerprint density at radius 3 is 2.50 bits per heavy atom. The molecule has 30 heavy (non-hydrogen) atoms. The number of morpholine rings is 1. The molecule has 2 saturated heterocycles. The van der Waals surface area contributed by atoms with Gasteiger partial charge in [0.15, 0.2) is 5.16 Å². The Balaban J connectivity index is 1.50. The second-order valence-electron chi connectivity index (χ2n) is 8.50. The summed E-state index contributed by atoms with van der Waals surface area (Å²) in [7, 11) is 0. The van der Waals surface area contributed by atoms with Gasteiger partial charge in [0, 0.05) is 26.2 Å². The zero-order chi connectivity index (χ0) is 21.1. The summed E-state index contributed by atoms with van der Waals surface area (Å²) in [5.74, 6) is 1.58. The summed E-state index contributed by atoms with van der Waals surface area (Å²) < 4.78 is 7.30. The Morgan fingerprint density at radius 2 is 1.77 bits per heavy atom. The van der Waals surface area contributed by atoms with E-state index in [0.717, 1.165) is 29.3 Å². The molecular formula is C22H30N4O3S. The van der Waals surface area contributed by atoms with E-state index in [4.69, 9.17) is 9.72 Å². The second-order valence-corrected chi connectivity index (χ2v) is 9.44. The molecule has 0 N–H and O–H groups in total. The molecule has 2 fully saturated rings. The predicted molar refractivity (Wildman–Crippen MR) is 117 cm³/mol. The van der Waals surface area contributed by atoms with Gasteiger partial charge in [0.1, 0.15) is 6.54 Å². The highest BCUT2D eigenvalue weighted by Crippen LogP contribution is 2.26. The quantitative estimate of drug-likeness (QED) is 0.682. The summed E-state index contributed by atoms with van der Waals surface area (Å²) in [6.07, 6.45) is 1.17. The lowest BCUT2D eigenvalue weighted by molar-refractivity contribution is -0.134. The van der Waals surface area contributed by atoms with Gasteiger partial charge in [0.2, 0.25) is 11.8 Å². The first-order chi connectivity index (χ1) is 14.5. The highest BCUT2D eigenvalue weighted by Gasteiger charge is 2.27. The fourth-order valence-electron chi connectivity index (χ4n) is 4.45. The summed E-state index contributed by atoms with van der Waals surface area (Å²) in [4.78, 5) is 34.2. The highest BCUT2D eigenvalue weighted by atomic mass is 32.2. The van der Waals surface area contributed by atoms with E-state index in [2.05, 4.69) is 13.8 Å². The Labute approximate surface area is 181 Å². The zero-order valence-corrected chi connectivity index (χ0v) is 18.6. The van der Waals surface area contributed by atoms with Crippen molar-refractivity contribution in [1.29, 1.82) is 0 Å². The summed E-state index contributed by atoms with van der Waals surface area (Å²) in [5, 5.41) is 0.726. The van der Waals surface area contributed by atoms with Crippen molar-refractivity contribution in [3.63, 3.8) is 0 Å². The maximum atomic E-state index is 13.1. The minimum atomic E-state index is 0.0897. The Bertz CT molecular complexity index is 899. The van der Waals surface area contributed by atoms with Crippen molar-refractivity contribution >= 4 is 34.6 Å². The number of aromatic nitrogens is 2. The van der Waals surface area contributed by atoms with E-state index in [1.165, 1.54) is 18.2 Å². The number of para-hydroxylation sites is 2. The monoisotopic (exact) mass is 430 g/mol. The number of carbonyl (C=O) groups is 2. The van der Waals surface area contributed by atoms with Crippen LogP contribution in [0, 0.1) is 11.8 Å². The molecule has 2 aliphatic rings. The molecule has 2 amide bonds. The molecule has 2 aliphatic heterocycles. The molecule has 162 valence electrons. The van der Waals surface area contributed by atoms with Crippen molar-refractivity contribution < 1.29 is 14.3 Å². The molecular weight excluding hydrogens is 400 g/mol. The van der Waals surface area contributed by atoms with Gasteiger partial charge < -0.3 is 19.1 Å². The van der Waals surface area contributed by atoms with Crippen LogP contribution in [0.3, 0.4) is 0 Å². The largest absolute Gasteiger partial charge is 0.378 e. The highest BCUT2D eigenvalue weighted by molar-refractivity contribution is 7.99. The fraction of sp³-hybridized carbons (Fsp3) is 0.591. The van der Waals surface area contributed by atoms with Gasteiger partial charge in [-0.15, -0.1) is 0 Å². The third-order valence-corrected chi connectivity index (χ3v) is 6.78. The number of ether oxygens (including phenoxy) is 1. The number of fused-ring (bicyclic) bond motifs is 1. The Morgan fingerprint density at radius 1 is 1.07 bits per heavy atom. The molecule has 2 atom stereocenters. The van der Waals surface area contributed by atoms with Crippen molar-refractivity contribution in [1.82, 2.24) is 19.4 Å². The molecule has 0 unspecified atom stereocenters. The fourth-order valence-corrected chi connectivity index (χ4v) is 5.37. The lowest BCUT2D eigenvalue weighted by Gasteiger charge is -2.35. The van der Waals surface area contributed by atoms with Crippen LogP contribution in [0.15, 0.2) is 29.4 Å². The molecule has 1 aromatic heterocycles. The molecule has 1 aromatic carbocycles. The topological polar surface area (TPSA) is 67.7 Å². The molecule has 0 spiro atoms. The van der Waals surface area contributed by atoms with Gasteiger partial charge in [-0.1, -0.05) is 37.7 Å². The number of amides is 2. The number of rotatable bonds is 5. The van der Waals surface area contributed by atoms with Crippen LogP contribution in [0.2, 0.25) is 0 Å². The van der Waals surface area contributed by atoms with Gasteiger partial charge in [-0.05, 0) is 30.4 Å². The van der Waals surface area contributed by atoms with Crippen molar-refractivity contribution in [3.05, 3.63) is 24.3 Å². The zero-order valence-electron chi connectivity index (χ0n) is 17.7. The van der Waals surface area contributed by atoms with Crippen LogP contribution < -0.4 is 0 Å². The lowest BCUT2D eigenvalue weighted by Crippen LogP contribution is -2.44. The first kappa shape index (κ1) is 21.2. The average Bonchev–Trinajstić information content (AvgIpc) is 3.09. The van der Waals surface area contributed by atoms with Gasteiger partial charge in [-0.2, -0.15) is 0 Å². The normalized spacial score (nSPS) is 22.5. The molecule has 0 radical (unpaired) electrons. The number of thioether (sulfide) groups is 1. The Kier molecular flexibility index (Phi) is 6.63. The van der Waals surface area contributed by atoms with Crippen LogP contribution in [-0.4, -0.2) is 76.3 Å². The molecule has 4 rings (SSSR count). The Hall–Kier alpha value is -2.06. The minimum Gasteiger partial charge on any atom is -0.378 e. The smallest absolute Gasteiger partial charge is 0.242 e. The standard InChI is InChI=1S/C22H30N4O3S/c1-16-11-17(2)13-25(12-16)20(27)14-26-19-6-4-3-5-18(19)23-22(26)30-15-21(28)24-7-9-29-10-8-24/h3-6,16-17H,7-15H2,1-2H3/t16-,17-/m0/s1. The van der Waals surface area contributed by atoms with Crippen LogP contribution in [-0.2, 0) is 20.9 Å². The van der Waals surface area contributed by atoms with E-state index in [0.29, 0.717) is 43.9 Å². The summed E-state index contributed by atoms with van der Waals surface area (Å²) in [5.41, 5.74) is 1.79. The number of piperidine rings is 1. The van der Waals surface area contributed by atoms with Crippen molar-refractivity contribution in [2.45, 2.75) is 32.0 Å². The van der Waals surface area contributed by atoms with Crippen molar-refractivity contribution in [2.24, 2.45) is 11.8 Å². The second kappa shape index (κ2) is 9.39. The molecule has 2 aromatic rings. The van der Waals surface area contributed by atoms with Gasteiger partial charge in [-0.25, -0.2) is 4.98 Å². The maximum Gasteiger partial charge on any atom is 0.242 e. The molecule has 7 nitrogen and oxygen atoms in total. The van der Waals surface area contributed by atoms with E-state index < -0.39 is 0 Å². The van der Waals surface area contributed by atoms with Crippen LogP contribution >= 0.6 is 11.8 Å². The summed E-state index contributed by atoms with van der Waals surface area (Å²) >= 11 is 1.41. The van der Waals surface area contributed by atoms with Gasteiger partial charge in [0.25, 0.3) is 0 Å². The number of nitrogens with zero attached hydrogens (tertiary/aromatic N) is 4. The van der Waals surface area contributed by atoms with Crippen LogP contribution in [0.25, 0.3) is 11.0 Å². The third kappa shape index (κ3) is 4.81. The predicted octanol–water partition coefficient (Wildman–Crippen LogP) is 2.49. The first-order valence-corrected chi connectivity index (χ1v) is 11.7. The van der Waals surface area contributed by atoms with Crippen LogP contribution in [0.5, 0.6) is 0 Å². The summed E-state index contributed by atoms with van der Waals surface area (Å²) in [6.45, 7) is 8.77. The van der Waals surface area contributed by atoms with Gasteiger partial charge in [-0.3, -0.25) is 9.59 Å². The molecule has 0 saturated carbocycles.